The summed E-state index contributed by atoms with van der Waals surface area (Å²) in [6.45, 7) is 4.54. The van der Waals surface area contributed by atoms with Crippen LogP contribution in [0.2, 0.25) is 0 Å². The van der Waals surface area contributed by atoms with Gasteiger partial charge in [-0.25, -0.2) is 0 Å². The minimum atomic E-state index is -1.16. The van der Waals surface area contributed by atoms with E-state index in [1.54, 1.807) is 18.9 Å². The Bertz CT molecular complexity index is 978. The third-order valence-electron chi connectivity index (χ3n) is 5.97. The van der Waals surface area contributed by atoms with Gasteiger partial charge in [-0.15, -0.1) is 0 Å². The first-order chi connectivity index (χ1) is 15.0. The molecule has 2 aromatic rings. The molecule has 0 saturated carbocycles. The van der Waals surface area contributed by atoms with Gasteiger partial charge in [0.25, 0.3) is 5.91 Å². The number of carbonyl (C=O) groups excluding carboxylic acids is 2. The number of rotatable bonds is 6. The van der Waals surface area contributed by atoms with Crippen LogP contribution in [0.3, 0.4) is 0 Å². The lowest BCUT2D eigenvalue weighted by Gasteiger charge is -2.38. The van der Waals surface area contributed by atoms with Crippen molar-refractivity contribution >= 4 is 11.8 Å². The minimum Gasteiger partial charge on any atom is -0.496 e. The van der Waals surface area contributed by atoms with Crippen LogP contribution in [0.25, 0.3) is 0 Å². The van der Waals surface area contributed by atoms with Gasteiger partial charge in [-0.3, -0.25) is 9.59 Å². The number of ether oxygens (including phenoxy) is 3. The molecule has 2 amide bonds. The summed E-state index contributed by atoms with van der Waals surface area (Å²) in [5.41, 5.74) is 0.549. The molecule has 31 heavy (non-hydrogen) atoms. The summed E-state index contributed by atoms with van der Waals surface area (Å²) in [5, 5.41) is 2.97. The summed E-state index contributed by atoms with van der Waals surface area (Å²) in [4.78, 5) is 28.5. The van der Waals surface area contributed by atoms with Gasteiger partial charge in [0.1, 0.15) is 23.1 Å². The predicted molar refractivity (Wildman–Crippen MR) is 115 cm³/mol. The first kappa shape index (κ1) is 21.2. The van der Waals surface area contributed by atoms with Gasteiger partial charge in [0.2, 0.25) is 12.0 Å². The fourth-order valence-electron chi connectivity index (χ4n) is 4.25. The number of nitrogens with zero attached hydrogens (tertiary/aromatic N) is 1. The van der Waals surface area contributed by atoms with Gasteiger partial charge in [-0.2, -0.15) is 0 Å². The summed E-state index contributed by atoms with van der Waals surface area (Å²) >= 11 is 0. The molecule has 2 aromatic carbocycles. The highest BCUT2D eigenvalue weighted by atomic mass is 16.6. The van der Waals surface area contributed by atoms with Gasteiger partial charge in [0.15, 0.2) is 0 Å². The van der Waals surface area contributed by atoms with E-state index < -0.39 is 17.7 Å². The average Bonchev–Trinajstić information content (AvgIpc) is 3.13. The molecule has 4 rings (SSSR count). The van der Waals surface area contributed by atoms with Crippen molar-refractivity contribution in [1.29, 1.82) is 0 Å². The molecule has 2 heterocycles. The van der Waals surface area contributed by atoms with Crippen LogP contribution in [0.1, 0.15) is 37.5 Å². The molecule has 0 radical (unpaired) electrons. The number of hydrogen-bond acceptors (Lipinski definition) is 5. The van der Waals surface area contributed by atoms with E-state index in [2.05, 4.69) is 5.32 Å². The smallest absolute Gasteiger partial charge is 0.267 e. The van der Waals surface area contributed by atoms with Crippen LogP contribution in [-0.2, 0) is 20.9 Å². The molecule has 0 spiro atoms. The van der Waals surface area contributed by atoms with Crippen molar-refractivity contribution in [1.82, 2.24) is 10.2 Å². The monoisotopic (exact) mass is 424 g/mol. The number of benzene rings is 2. The van der Waals surface area contributed by atoms with Gasteiger partial charge < -0.3 is 24.4 Å². The predicted octanol–water partition coefficient (Wildman–Crippen LogP) is 2.84. The number of amides is 2. The Morgan fingerprint density at radius 2 is 1.94 bits per heavy atom. The zero-order chi connectivity index (χ0) is 22.0. The van der Waals surface area contributed by atoms with Crippen LogP contribution in [0.4, 0.5) is 0 Å². The van der Waals surface area contributed by atoms with Crippen LogP contribution in [0, 0.1) is 0 Å². The van der Waals surface area contributed by atoms with Gasteiger partial charge in [0.05, 0.1) is 13.7 Å². The molecule has 1 fully saturated rings. The third kappa shape index (κ3) is 3.74. The minimum absolute atomic E-state index is 0.0787. The normalized spacial score (nSPS) is 24.6. The zero-order valence-electron chi connectivity index (χ0n) is 18.1. The van der Waals surface area contributed by atoms with E-state index in [1.807, 2.05) is 55.5 Å². The molecular weight excluding hydrogens is 396 g/mol. The van der Waals surface area contributed by atoms with E-state index in [4.69, 9.17) is 14.2 Å². The summed E-state index contributed by atoms with van der Waals surface area (Å²) in [7, 11) is 1.60. The van der Waals surface area contributed by atoms with Crippen molar-refractivity contribution in [2.45, 2.75) is 44.6 Å². The lowest BCUT2D eigenvalue weighted by atomic mass is 9.98. The molecule has 2 aliphatic rings. The molecule has 164 valence electrons. The van der Waals surface area contributed by atoms with Gasteiger partial charge in [-0.05, 0) is 25.5 Å². The highest BCUT2D eigenvalue weighted by molar-refractivity contribution is 5.94. The Kier molecular flexibility index (Phi) is 5.87. The van der Waals surface area contributed by atoms with Gasteiger partial charge in [0, 0.05) is 24.2 Å². The molecule has 7 heteroatoms. The molecule has 7 nitrogen and oxygen atoms in total. The SMILES string of the molecule is CCCN1C(=O)C2Oc3ccccc3C2OCC1(C)C(=O)NCc1ccccc1OC. The van der Waals surface area contributed by atoms with E-state index >= 15 is 0 Å². The molecule has 1 N–H and O–H groups in total. The molecule has 0 aromatic heterocycles. The Labute approximate surface area is 182 Å². The third-order valence-corrected chi connectivity index (χ3v) is 5.97. The van der Waals surface area contributed by atoms with Crippen molar-refractivity contribution in [3.8, 4) is 11.5 Å². The zero-order valence-corrected chi connectivity index (χ0v) is 18.1. The Balaban J connectivity index is 1.58. The summed E-state index contributed by atoms with van der Waals surface area (Å²) in [6.07, 6.45) is -0.592. The Hall–Kier alpha value is -3.06. The maximum atomic E-state index is 13.5. The Morgan fingerprint density at radius 1 is 1.19 bits per heavy atom. The number of nitrogens with one attached hydrogen (secondary N) is 1. The van der Waals surface area contributed by atoms with Crippen molar-refractivity contribution in [2.75, 3.05) is 20.3 Å². The molecule has 2 aliphatic heterocycles. The van der Waals surface area contributed by atoms with Crippen LogP contribution in [0.5, 0.6) is 11.5 Å². The molecular formula is C24H28N2O5. The maximum Gasteiger partial charge on any atom is 0.267 e. The topological polar surface area (TPSA) is 77.1 Å². The highest BCUT2D eigenvalue weighted by Gasteiger charge is 2.53. The van der Waals surface area contributed by atoms with Crippen molar-refractivity contribution in [2.24, 2.45) is 0 Å². The van der Waals surface area contributed by atoms with Crippen molar-refractivity contribution in [3.05, 3.63) is 59.7 Å². The average molecular weight is 424 g/mol. The van der Waals surface area contributed by atoms with E-state index in [1.165, 1.54) is 0 Å². The quantitative estimate of drug-likeness (QED) is 0.772. The van der Waals surface area contributed by atoms with Crippen LogP contribution >= 0.6 is 0 Å². The fourth-order valence-corrected chi connectivity index (χ4v) is 4.25. The van der Waals surface area contributed by atoms with E-state index in [0.29, 0.717) is 31.0 Å². The second kappa shape index (κ2) is 8.59. The summed E-state index contributed by atoms with van der Waals surface area (Å²) < 4.78 is 17.5. The number of hydrogen-bond donors (Lipinski definition) is 1. The lowest BCUT2D eigenvalue weighted by molar-refractivity contribution is -0.150. The first-order valence-corrected chi connectivity index (χ1v) is 10.6. The van der Waals surface area contributed by atoms with E-state index in [9.17, 15) is 9.59 Å². The van der Waals surface area contributed by atoms with Crippen molar-refractivity contribution in [3.63, 3.8) is 0 Å². The van der Waals surface area contributed by atoms with Crippen molar-refractivity contribution < 1.29 is 23.8 Å². The highest BCUT2D eigenvalue weighted by Crippen LogP contribution is 2.42. The van der Waals surface area contributed by atoms with Crippen LogP contribution in [0.15, 0.2) is 48.5 Å². The molecule has 0 aliphatic carbocycles. The number of fused-ring (bicyclic) bond motifs is 3. The second-order valence-electron chi connectivity index (χ2n) is 8.07. The largest absolute Gasteiger partial charge is 0.496 e. The lowest BCUT2D eigenvalue weighted by Crippen LogP contribution is -2.62. The van der Waals surface area contributed by atoms with Crippen LogP contribution < -0.4 is 14.8 Å². The van der Waals surface area contributed by atoms with Gasteiger partial charge >= 0.3 is 0 Å². The first-order valence-electron chi connectivity index (χ1n) is 10.6. The van der Waals surface area contributed by atoms with E-state index in [0.717, 1.165) is 11.1 Å². The molecule has 1 saturated heterocycles. The summed E-state index contributed by atoms with van der Waals surface area (Å²) in [6, 6.07) is 15.0. The number of methoxy groups -OCH3 is 1. The second-order valence-corrected chi connectivity index (χ2v) is 8.07. The molecule has 3 atom stereocenters. The number of para-hydroxylation sites is 2. The van der Waals surface area contributed by atoms with E-state index in [-0.39, 0.29) is 18.4 Å². The Morgan fingerprint density at radius 3 is 2.71 bits per heavy atom. The standard InChI is InChI=1S/C24H28N2O5/c1-4-13-26-22(27)21-20(17-10-6-8-12-19(17)31-21)30-15-24(26,2)23(28)25-14-16-9-5-7-11-18(16)29-3/h5-12,20-21H,4,13-15H2,1-3H3,(H,25,28). The van der Waals surface area contributed by atoms with Gasteiger partial charge in [-0.1, -0.05) is 43.3 Å². The molecule has 0 bridgehead atoms. The summed E-state index contributed by atoms with van der Waals surface area (Å²) in [5.74, 6) is 0.863. The fraction of sp³-hybridized carbons (Fsp3) is 0.417. The number of carbonyl (C=O) groups is 2. The maximum absolute atomic E-state index is 13.5. The van der Waals surface area contributed by atoms with Crippen LogP contribution in [-0.4, -0.2) is 48.6 Å². The molecule has 3 unspecified atom stereocenters.